The highest BCUT2D eigenvalue weighted by atomic mass is 16.1. The smallest absolute Gasteiger partial charge is 0.210 e. The van der Waals surface area contributed by atoms with Crippen LogP contribution in [0.5, 0.6) is 0 Å². The molecule has 92 valence electrons. The van der Waals surface area contributed by atoms with Gasteiger partial charge in [0.25, 0.3) is 0 Å². The molecule has 0 bridgehead atoms. The van der Waals surface area contributed by atoms with Crippen molar-refractivity contribution in [2.75, 3.05) is 19.6 Å². The average Bonchev–Trinajstić information content (AvgIpc) is 2.46. The zero-order valence-electron chi connectivity index (χ0n) is 10.2. The van der Waals surface area contributed by atoms with Crippen LogP contribution in [-0.2, 0) is 4.79 Å². The van der Waals surface area contributed by atoms with Gasteiger partial charge < -0.3 is 10.2 Å². The summed E-state index contributed by atoms with van der Waals surface area (Å²) in [6, 6.07) is 14.8. The predicted molar refractivity (Wildman–Crippen MR) is 72.3 cm³/mol. The molecule has 0 aliphatic carbocycles. The Morgan fingerprint density at radius 3 is 2.89 bits per heavy atom. The second-order valence-corrected chi connectivity index (χ2v) is 4.63. The minimum atomic E-state index is 0.141. The van der Waals surface area contributed by atoms with Crippen molar-refractivity contribution in [2.24, 2.45) is 0 Å². The normalized spacial score (nSPS) is 20.0. The summed E-state index contributed by atoms with van der Waals surface area (Å²) in [6.07, 6.45) is 0.966. The molecule has 0 aromatic heterocycles. The van der Waals surface area contributed by atoms with Crippen molar-refractivity contribution in [3.8, 4) is 0 Å². The molecule has 1 amide bonds. The summed E-state index contributed by atoms with van der Waals surface area (Å²) in [4.78, 5) is 13.1. The molecular weight excluding hydrogens is 224 g/mol. The first kappa shape index (κ1) is 11.2. The van der Waals surface area contributed by atoms with Gasteiger partial charge in [0.2, 0.25) is 6.41 Å². The van der Waals surface area contributed by atoms with Crippen LogP contribution in [0.3, 0.4) is 0 Å². The summed E-state index contributed by atoms with van der Waals surface area (Å²) >= 11 is 0. The number of fused-ring (bicyclic) bond motifs is 1. The largest absolute Gasteiger partial charge is 0.336 e. The van der Waals surface area contributed by atoms with E-state index in [2.05, 4.69) is 35.6 Å². The van der Waals surface area contributed by atoms with Gasteiger partial charge in [-0.3, -0.25) is 4.79 Å². The number of hydrogen-bond acceptors (Lipinski definition) is 2. The first-order valence-corrected chi connectivity index (χ1v) is 6.29. The number of piperazine rings is 1. The van der Waals surface area contributed by atoms with Crippen LogP contribution >= 0.6 is 0 Å². The van der Waals surface area contributed by atoms with Crippen molar-refractivity contribution in [2.45, 2.75) is 6.04 Å². The first-order chi connectivity index (χ1) is 8.90. The highest BCUT2D eigenvalue weighted by Gasteiger charge is 2.23. The lowest BCUT2D eigenvalue weighted by molar-refractivity contribution is -0.121. The van der Waals surface area contributed by atoms with Crippen molar-refractivity contribution < 1.29 is 4.79 Å². The molecule has 2 aromatic rings. The molecule has 3 rings (SSSR count). The van der Waals surface area contributed by atoms with Crippen LogP contribution in [0.25, 0.3) is 10.8 Å². The van der Waals surface area contributed by atoms with Gasteiger partial charge in [0.15, 0.2) is 0 Å². The minimum absolute atomic E-state index is 0.141. The summed E-state index contributed by atoms with van der Waals surface area (Å²) in [5.74, 6) is 0. The molecule has 2 aromatic carbocycles. The van der Waals surface area contributed by atoms with Crippen molar-refractivity contribution in [1.29, 1.82) is 0 Å². The summed E-state index contributed by atoms with van der Waals surface area (Å²) in [7, 11) is 0. The van der Waals surface area contributed by atoms with Gasteiger partial charge in [-0.05, 0) is 16.3 Å². The second kappa shape index (κ2) is 4.78. The molecule has 3 nitrogen and oxygen atoms in total. The Kier molecular flexibility index (Phi) is 2.99. The topological polar surface area (TPSA) is 32.3 Å². The third-order valence-corrected chi connectivity index (χ3v) is 3.60. The molecular formula is C15H16N2O. The lowest BCUT2D eigenvalue weighted by Gasteiger charge is -2.34. The number of carbonyl (C=O) groups excluding carboxylic acids is 1. The monoisotopic (exact) mass is 240 g/mol. The summed E-state index contributed by atoms with van der Waals surface area (Å²) < 4.78 is 0. The van der Waals surface area contributed by atoms with E-state index >= 15 is 0 Å². The number of rotatable bonds is 2. The maximum absolute atomic E-state index is 11.2. The zero-order chi connectivity index (χ0) is 12.4. The highest BCUT2D eigenvalue weighted by molar-refractivity contribution is 5.86. The molecule has 0 saturated carbocycles. The molecule has 1 unspecified atom stereocenters. The van der Waals surface area contributed by atoms with E-state index in [0.29, 0.717) is 0 Å². The molecule has 1 atom stereocenters. The van der Waals surface area contributed by atoms with Gasteiger partial charge in [-0.1, -0.05) is 42.5 Å². The third-order valence-electron chi connectivity index (χ3n) is 3.60. The van der Waals surface area contributed by atoms with E-state index in [9.17, 15) is 4.79 Å². The van der Waals surface area contributed by atoms with Gasteiger partial charge in [0, 0.05) is 19.6 Å². The first-order valence-electron chi connectivity index (χ1n) is 6.29. The van der Waals surface area contributed by atoms with E-state index in [4.69, 9.17) is 0 Å². The standard InChI is InChI=1S/C15H16N2O/c18-11-17-9-8-16-10-15(17)14-7-3-5-12-4-1-2-6-13(12)14/h1-7,11,15-16H,8-10H2. The molecule has 0 spiro atoms. The molecule has 0 radical (unpaired) electrons. The quantitative estimate of drug-likeness (QED) is 0.814. The number of carbonyl (C=O) groups is 1. The van der Waals surface area contributed by atoms with Crippen molar-refractivity contribution in [3.63, 3.8) is 0 Å². The summed E-state index contributed by atoms with van der Waals surface area (Å²) in [5, 5.41) is 5.83. The number of benzene rings is 2. The molecule has 1 aliphatic heterocycles. The number of amides is 1. The van der Waals surface area contributed by atoms with Crippen LogP contribution in [0, 0.1) is 0 Å². The summed E-state index contributed by atoms with van der Waals surface area (Å²) in [6.45, 7) is 2.48. The lowest BCUT2D eigenvalue weighted by Crippen LogP contribution is -2.45. The van der Waals surface area contributed by atoms with E-state index < -0.39 is 0 Å². The van der Waals surface area contributed by atoms with Gasteiger partial charge in [-0.2, -0.15) is 0 Å². The van der Waals surface area contributed by atoms with Crippen molar-refractivity contribution in [1.82, 2.24) is 10.2 Å². The molecule has 1 aliphatic rings. The lowest BCUT2D eigenvalue weighted by atomic mass is 9.97. The van der Waals surface area contributed by atoms with Gasteiger partial charge in [-0.25, -0.2) is 0 Å². The third kappa shape index (κ3) is 1.87. The van der Waals surface area contributed by atoms with Crippen LogP contribution < -0.4 is 5.32 Å². The van der Waals surface area contributed by atoms with Gasteiger partial charge in [0.05, 0.1) is 6.04 Å². The fraction of sp³-hybridized carbons (Fsp3) is 0.267. The Morgan fingerprint density at radius 1 is 1.17 bits per heavy atom. The minimum Gasteiger partial charge on any atom is -0.336 e. The molecule has 1 heterocycles. The Morgan fingerprint density at radius 2 is 2.00 bits per heavy atom. The average molecular weight is 240 g/mol. The molecule has 1 fully saturated rings. The fourth-order valence-electron chi connectivity index (χ4n) is 2.68. The molecule has 1 saturated heterocycles. The SMILES string of the molecule is O=CN1CCNCC1c1cccc2ccccc12. The fourth-order valence-corrected chi connectivity index (χ4v) is 2.68. The Balaban J connectivity index is 2.10. The van der Waals surface area contributed by atoms with Crippen LogP contribution in [-0.4, -0.2) is 30.9 Å². The highest BCUT2D eigenvalue weighted by Crippen LogP contribution is 2.28. The van der Waals surface area contributed by atoms with Gasteiger partial charge in [0.1, 0.15) is 0 Å². The number of nitrogens with zero attached hydrogens (tertiary/aromatic N) is 1. The molecule has 1 N–H and O–H groups in total. The second-order valence-electron chi connectivity index (χ2n) is 4.63. The van der Waals surface area contributed by atoms with Crippen LogP contribution in [0.4, 0.5) is 0 Å². The Labute approximate surface area is 106 Å². The van der Waals surface area contributed by atoms with Gasteiger partial charge >= 0.3 is 0 Å². The predicted octanol–water partition coefficient (Wildman–Crippen LogP) is 1.94. The Bertz CT molecular complexity index is 562. The van der Waals surface area contributed by atoms with Crippen LogP contribution in [0.2, 0.25) is 0 Å². The molecule has 3 heteroatoms. The van der Waals surface area contributed by atoms with E-state index in [0.717, 1.165) is 26.0 Å². The van der Waals surface area contributed by atoms with E-state index in [1.54, 1.807) is 0 Å². The number of nitrogens with one attached hydrogen (secondary N) is 1. The van der Waals surface area contributed by atoms with E-state index in [-0.39, 0.29) is 6.04 Å². The Hall–Kier alpha value is -1.87. The van der Waals surface area contributed by atoms with Crippen molar-refractivity contribution >= 4 is 17.2 Å². The van der Waals surface area contributed by atoms with Gasteiger partial charge in [-0.15, -0.1) is 0 Å². The van der Waals surface area contributed by atoms with E-state index in [1.807, 2.05) is 17.0 Å². The number of hydrogen-bond donors (Lipinski definition) is 1. The maximum Gasteiger partial charge on any atom is 0.210 e. The zero-order valence-corrected chi connectivity index (χ0v) is 10.2. The van der Waals surface area contributed by atoms with Crippen LogP contribution in [0.1, 0.15) is 11.6 Å². The maximum atomic E-state index is 11.2. The molecule has 18 heavy (non-hydrogen) atoms. The van der Waals surface area contributed by atoms with Crippen LogP contribution in [0.15, 0.2) is 42.5 Å². The summed E-state index contributed by atoms with van der Waals surface area (Å²) in [5.41, 5.74) is 1.23. The van der Waals surface area contributed by atoms with E-state index in [1.165, 1.54) is 16.3 Å². The van der Waals surface area contributed by atoms with Crippen molar-refractivity contribution in [3.05, 3.63) is 48.0 Å².